The number of nitrogens with zero attached hydrogens (tertiary/aromatic N) is 2. The lowest BCUT2D eigenvalue weighted by molar-refractivity contribution is -0.114. The Balaban J connectivity index is 1.62. The van der Waals surface area contributed by atoms with Crippen LogP contribution in [0.1, 0.15) is 17.3 Å². The number of halogens is 1. The van der Waals surface area contributed by atoms with E-state index in [1.54, 1.807) is 18.2 Å². The minimum Gasteiger partial charge on any atom is -0.465 e. The van der Waals surface area contributed by atoms with Crippen LogP contribution >= 0.6 is 23.4 Å². The van der Waals surface area contributed by atoms with Crippen molar-refractivity contribution >= 4 is 52.5 Å². The van der Waals surface area contributed by atoms with Gasteiger partial charge in [-0.15, -0.1) is 5.10 Å². The van der Waals surface area contributed by atoms with Crippen LogP contribution in [0.2, 0.25) is 5.02 Å². The SMILES string of the molecule is COC(=O)c1ccc(Cl)c(NC(=O)CSc2n[nH]c(-c3cccc(NC(C)=O)c3)n2)c1. The van der Waals surface area contributed by atoms with Crippen LogP contribution in [0.25, 0.3) is 11.4 Å². The van der Waals surface area contributed by atoms with Crippen LogP contribution in [0.15, 0.2) is 47.6 Å². The molecule has 11 heteroatoms. The zero-order chi connectivity index (χ0) is 22.4. The molecular formula is C20H18ClN5O4S. The highest BCUT2D eigenvalue weighted by Gasteiger charge is 2.13. The van der Waals surface area contributed by atoms with E-state index in [1.807, 2.05) is 6.07 Å². The van der Waals surface area contributed by atoms with Crippen molar-refractivity contribution in [3.05, 3.63) is 53.1 Å². The number of nitrogens with one attached hydrogen (secondary N) is 3. The van der Waals surface area contributed by atoms with Crippen molar-refractivity contribution in [2.75, 3.05) is 23.5 Å². The Hall–Kier alpha value is -3.37. The molecule has 0 unspecified atom stereocenters. The monoisotopic (exact) mass is 459 g/mol. The van der Waals surface area contributed by atoms with Gasteiger partial charge in [0.1, 0.15) is 0 Å². The molecule has 3 aromatic rings. The van der Waals surface area contributed by atoms with Gasteiger partial charge in [-0.1, -0.05) is 35.5 Å². The fourth-order valence-corrected chi connectivity index (χ4v) is 3.33. The number of esters is 1. The first-order valence-electron chi connectivity index (χ1n) is 8.96. The number of aromatic nitrogens is 3. The number of methoxy groups -OCH3 is 1. The molecule has 0 aliphatic heterocycles. The minimum atomic E-state index is -0.530. The van der Waals surface area contributed by atoms with E-state index >= 15 is 0 Å². The summed E-state index contributed by atoms with van der Waals surface area (Å²) in [6, 6.07) is 11.6. The third kappa shape index (κ3) is 6.06. The molecule has 0 saturated carbocycles. The van der Waals surface area contributed by atoms with Gasteiger partial charge in [-0.2, -0.15) is 0 Å². The van der Waals surface area contributed by atoms with Gasteiger partial charge in [-0.25, -0.2) is 9.78 Å². The zero-order valence-corrected chi connectivity index (χ0v) is 18.1. The summed E-state index contributed by atoms with van der Waals surface area (Å²) < 4.78 is 4.67. The van der Waals surface area contributed by atoms with E-state index in [4.69, 9.17) is 11.6 Å². The van der Waals surface area contributed by atoms with E-state index in [0.29, 0.717) is 27.4 Å². The summed E-state index contributed by atoms with van der Waals surface area (Å²) in [7, 11) is 1.27. The topological polar surface area (TPSA) is 126 Å². The Morgan fingerprint density at radius 3 is 2.71 bits per heavy atom. The van der Waals surface area contributed by atoms with Gasteiger partial charge in [0.2, 0.25) is 17.0 Å². The minimum absolute atomic E-state index is 0.0298. The van der Waals surface area contributed by atoms with Crippen molar-refractivity contribution in [2.24, 2.45) is 0 Å². The van der Waals surface area contributed by atoms with Crippen LogP contribution in [0.4, 0.5) is 11.4 Å². The fraction of sp³-hybridized carbons (Fsp3) is 0.150. The van der Waals surface area contributed by atoms with E-state index in [0.717, 1.165) is 17.3 Å². The van der Waals surface area contributed by atoms with Crippen LogP contribution in [0, 0.1) is 0 Å². The van der Waals surface area contributed by atoms with Crippen molar-refractivity contribution in [3.8, 4) is 11.4 Å². The maximum atomic E-state index is 12.3. The molecule has 160 valence electrons. The number of amides is 2. The Morgan fingerprint density at radius 2 is 1.97 bits per heavy atom. The normalized spacial score (nSPS) is 10.4. The molecule has 0 aliphatic carbocycles. The molecule has 0 aliphatic rings. The van der Waals surface area contributed by atoms with Gasteiger partial charge in [0, 0.05) is 18.2 Å². The van der Waals surface area contributed by atoms with Gasteiger partial charge in [0.25, 0.3) is 0 Å². The van der Waals surface area contributed by atoms with Gasteiger partial charge in [-0.05, 0) is 30.3 Å². The highest BCUT2D eigenvalue weighted by atomic mass is 35.5. The zero-order valence-electron chi connectivity index (χ0n) is 16.6. The lowest BCUT2D eigenvalue weighted by atomic mass is 10.2. The van der Waals surface area contributed by atoms with Crippen LogP contribution in [0.5, 0.6) is 0 Å². The maximum Gasteiger partial charge on any atom is 0.337 e. The molecule has 9 nitrogen and oxygen atoms in total. The van der Waals surface area contributed by atoms with Crippen LogP contribution in [-0.2, 0) is 14.3 Å². The summed E-state index contributed by atoms with van der Waals surface area (Å²) in [5.74, 6) is -0.509. The van der Waals surface area contributed by atoms with Crippen molar-refractivity contribution in [1.82, 2.24) is 15.2 Å². The molecule has 31 heavy (non-hydrogen) atoms. The molecule has 1 heterocycles. The molecule has 2 amide bonds. The number of aromatic amines is 1. The summed E-state index contributed by atoms with van der Waals surface area (Å²) >= 11 is 7.22. The lowest BCUT2D eigenvalue weighted by Gasteiger charge is -2.08. The third-order valence-electron chi connectivity index (χ3n) is 3.92. The second kappa shape index (κ2) is 10.1. The van der Waals surface area contributed by atoms with E-state index < -0.39 is 5.97 Å². The first kappa shape index (κ1) is 22.3. The fourth-order valence-electron chi connectivity index (χ4n) is 2.57. The Labute approximate surface area is 186 Å². The predicted octanol–water partition coefficient (Wildman–Crippen LogP) is 3.60. The highest BCUT2D eigenvalue weighted by Crippen LogP contribution is 2.25. The first-order chi connectivity index (χ1) is 14.9. The van der Waals surface area contributed by atoms with Gasteiger partial charge in [0.05, 0.1) is 29.1 Å². The number of carbonyl (C=O) groups is 3. The molecule has 1 aromatic heterocycles. The molecule has 0 bridgehead atoms. The molecule has 3 N–H and O–H groups in total. The van der Waals surface area contributed by atoms with Gasteiger partial charge >= 0.3 is 5.97 Å². The molecule has 0 atom stereocenters. The van der Waals surface area contributed by atoms with Crippen molar-refractivity contribution in [1.29, 1.82) is 0 Å². The quantitative estimate of drug-likeness (QED) is 0.364. The van der Waals surface area contributed by atoms with Gasteiger partial charge in [-0.3, -0.25) is 14.7 Å². The standard InChI is InChI=1S/C20H18ClN5O4S/c1-11(27)22-14-5-3-4-12(8-14)18-24-20(26-25-18)31-10-17(28)23-16-9-13(19(29)30-2)6-7-15(16)21/h3-9H,10H2,1-2H3,(H,22,27)(H,23,28)(H,24,25,26). The van der Waals surface area contributed by atoms with E-state index in [2.05, 4.69) is 30.6 Å². The number of hydrogen-bond donors (Lipinski definition) is 3. The second-order valence-corrected chi connectivity index (χ2v) is 7.60. The summed E-state index contributed by atoms with van der Waals surface area (Å²) in [5.41, 5.74) is 1.96. The number of anilines is 2. The van der Waals surface area contributed by atoms with Crippen LogP contribution < -0.4 is 10.6 Å². The van der Waals surface area contributed by atoms with Crippen molar-refractivity contribution in [3.63, 3.8) is 0 Å². The largest absolute Gasteiger partial charge is 0.465 e. The number of H-pyrrole nitrogens is 1. The first-order valence-corrected chi connectivity index (χ1v) is 10.3. The number of thioether (sulfide) groups is 1. The summed E-state index contributed by atoms with van der Waals surface area (Å²) in [4.78, 5) is 39.5. The summed E-state index contributed by atoms with van der Waals surface area (Å²) in [6.07, 6.45) is 0. The van der Waals surface area contributed by atoms with Gasteiger partial charge < -0.3 is 15.4 Å². The smallest absolute Gasteiger partial charge is 0.337 e. The average molecular weight is 460 g/mol. The third-order valence-corrected chi connectivity index (χ3v) is 5.09. The van der Waals surface area contributed by atoms with Crippen LogP contribution in [-0.4, -0.2) is 45.8 Å². The number of hydrogen-bond acceptors (Lipinski definition) is 7. The van der Waals surface area contributed by atoms with E-state index in [1.165, 1.54) is 32.2 Å². The molecule has 0 spiro atoms. The Kier molecular flexibility index (Phi) is 7.27. The van der Waals surface area contributed by atoms with E-state index in [9.17, 15) is 14.4 Å². The highest BCUT2D eigenvalue weighted by molar-refractivity contribution is 7.99. The summed E-state index contributed by atoms with van der Waals surface area (Å²) in [6.45, 7) is 1.43. The number of ether oxygens (including phenoxy) is 1. The molecule has 0 radical (unpaired) electrons. The number of rotatable bonds is 7. The molecular weight excluding hydrogens is 442 g/mol. The number of benzene rings is 2. The Morgan fingerprint density at radius 1 is 1.16 bits per heavy atom. The van der Waals surface area contributed by atoms with Crippen molar-refractivity contribution < 1.29 is 19.1 Å². The van der Waals surface area contributed by atoms with E-state index in [-0.39, 0.29) is 23.1 Å². The van der Waals surface area contributed by atoms with Crippen LogP contribution in [0.3, 0.4) is 0 Å². The predicted molar refractivity (Wildman–Crippen MR) is 118 cm³/mol. The maximum absolute atomic E-state index is 12.3. The molecule has 2 aromatic carbocycles. The molecule has 3 rings (SSSR count). The van der Waals surface area contributed by atoms with Crippen molar-refractivity contribution in [2.45, 2.75) is 12.1 Å². The molecule has 0 fully saturated rings. The second-order valence-electron chi connectivity index (χ2n) is 6.25. The van der Waals surface area contributed by atoms with Gasteiger partial charge in [0.15, 0.2) is 5.82 Å². The lowest BCUT2D eigenvalue weighted by Crippen LogP contribution is -2.15. The average Bonchev–Trinajstić information content (AvgIpc) is 3.22. The number of carbonyl (C=O) groups excluding carboxylic acids is 3. The Bertz CT molecular complexity index is 1130. The summed E-state index contributed by atoms with van der Waals surface area (Å²) in [5, 5.41) is 13.0. The molecule has 0 saturated heterocycles.